The molecule has 5 heteroatoms. The Morgan fingerprint density at radius 2 is 1.58 bits per heavy atom. The Kier molecular flexibility index (Phi) is 3.85. The zero-order chi connectivity index (χ0) is 13.9. The van der Waals surface area contributed by atoms with E-state index in [1.165, 1.54) is 12.1 Å². The van der Waals surface area contributed by atoms with Crippen molar-refractivity contribution in [2.45, 2.75) is 10.6 Å². The third-order valence-electron chi connectivity index (χ3n) is 2.69. The van der Waals surface area contributed by atoms with Crippen LogP contribution in [0.4, 0.5) is 4.39 Å². The lowest BCUT2D eigenvalue weighted by molar-refractivity contribution is 0.414. The van der Waals surface area contributed by atoms with Gasteiger partial charge in [-0.1, -0.05) is 12.1 Å². The highest BCUT2D eigenvalue weighted by Crippen LogP contribution is 2.19. The average molecular weight is 280 g/mol. The lowest BCUT2D eigenvalue weighted by atomic mass is 10.2. The Balaban J connectivity index is 2.23. The van der Waals surface area contributed by atoms with Crippen molar-refractivity contribution in [3.05, 3.63) is 59.9 Å². The summed E-state index contributed by atoms with van der Waals surface area (Å²) in [5, 5.41) is 0. The summed E-state index contributed by atoms with van der Waals surface area (Å²) in [6, 6.07) is 11.6. The first-order valence-electron chi connectivity index (χ1n) is 5.62. The zero-order valence-corrected chi connectivity index (χ0v) is 11.2. The molecule has 0 aromatic heterocycles. The summed E-state index contributed by atoms with van der Waals surface area (Å²) in [5.74, 6) is 0.0918. The molecule has 19 heavy (non-hydrogen) atoms. The molecular weight excluding hydrogens is 267 g/mol. The first kappa shape index (κ1) is 13.5. The van der Waals surface area contributed by atoms with Crippen LogP contribution in [0.2, 0.25) is 0 Å². The molecule has 0 spiro atoms. The molecule has 0 saturated carbocycles. The summed E-state index contributed by atoms with van der Waals surface area (Å²) in [7, 11) is -1.91. The summed E-state index contributed by atoms with van der Waals surface area (Å²) in [6.45, 7) is 0. The molecule has 0 amide bonds. The summed E-state index contributed by atoms with van der Waals surface area (Å²) in [4.78, 5) is 0.115. The Morgan fingerprint density at radius 3 is 2.11 bits per heavy atom. The van der Waals surface area contributed by atoms with Crippen LogP contribution >= 0.6 is 0 Å². The van der Waals surface area contributed by atoms with Crippen molar-refractivity contribution in [2.75, 3.05) is 7.11 Å². The normalized spacial score (nSPS) is 11.3. The van der Waals surface area contributed by atoms with Crippen LogP contribution in [0.25, 0.3) is 0 Å². The van der Waals surface area contributed by atoms with Crippen molar-refractivity contribution in [2.24, 2.45) is 0 Å². The minimum atomic E-state index is -3.46. The topological polar surface area (TPSA) is 43.4 Å². The van der Waals surface area contributed by atoms with E-state index in [1.807, 2.05) is 0 Å². The van der Waals surface area contributed by atoms with Gasteiger partial charge in [-0.3, -0.25) is 0 Å². The largest absolute Gasteiger partial charge is 0.497 e. The molecule has 0 saturated heterocycles. The third kappa shape index (κ3) is 3.32. The molecule has 0 N–H and O–H groups in total. The predicted octanol–water partition coefficient (Wildman–Crippen LogP) is 2.81. The quantitative estimate of drug-likeness (QED) is 0.809. The molecule has 0 aliphatic rings. The molecule has 0 heterocycles. The number of hydrogen-bond donors (Lipinski definition) is 0. The average Bonchev–Trinajstić information content (AvgIpc) is 2.40. The van der Waals surface area contributed by atoms with Gasteiger partial charge in [0, 0.05) is 0 Å². The number of methoxy groups -OCH3 is 1. The van der Waals surface area contributed by atoms with Gasteiger partial charge in [0.15, 0.2) is 9.84 Å². The number of rotatable bonds is 4. The summed E-state index contributed by atoms with van der Waals surface area (Å²) in [5.41, 5.74) is 0.658. The van der Waals surface area contributed by atoms with Gasteiger partial charge in [0.1, 0.15) is 11.6 Å². The van der Waals surface area contributed by atoms with Gasteiger partial charge in [0.2, 0.25) is 0 Å². The lowest BCUT2D eigenvalue weighted by Crippen LogP contribution is -2.05. The van der Waals surface area contributed by atoms with Crippen LogP contribution in [0.3, 0.4) is 0 Å². The van der Waals surface area contributed by atoms with Crippen LogP contribution in [0.1, 0.15) is 5.56 Å². The van der Waals surface area contributed by atoms with E-state index < -0.39 is 15.7 Å². The van der Waals surface area contributed by atoms with Crippen molar-refractivity contribution in [3.8, 4) is 5.75 Å². The van der Waals surface area contributed by atoms with Crippen molar-refractivity contribution in [3.63, 3.8) is 0 Å². The van der Waals surface area contributed by atoms with E-state index in [0.717, 1.165) is 12.1 Å². The van der Waals surface area contributed by atoms with E-state index in [4.69, 9.17) is 4.74 Å². The van der Waals surface area contributed by atoms with Crippen LogP contribution in [0.15, 0.2) is 53.4 Å². The second-order valence-electron chi connectivity index (χ2n) is 4.06. The van der Waals surface area contributed by atoms with Gasteiger partial charge in [-0.2, -0.15) is 0 Å². The van der Waals surface area contributed by atoms with Crippen molar-refractivity contribution < 1.29 is 17.5 Å². The number of ether oxygens (including phenoxy) is 1. The van der Waals surface area contributed by atoms with Gasteiger partial charge in [-0.15, -0.1) is 0 Å². The lowest BCUT2D eigenvalue weighted by Gasteiger charge is -2.05. The highest BCUT2D eigenvalue weighted by Gasteiger charge is 2.15. The van der Waals surface area contributed by atoms with Gasteiger partial charge in [0.05, 0.1) is 17.8 Å². The van der Waals surface area contributed by atoms with Gasteiger partial charge in [-0.05, 0) is 42.0 Å². The number of benzene rings is 2. The van der Waals surface area contributed by atoms with Crippen molar-refractivity contribution >= 4 is 9.84 Å². The highest BCUT2D eigenvalue weighted by atomic mass is 32.2. The third-order valence-corrected chi connectivity index (χ3v) is 4.39. The number of halogens is 1. The molecule has 2 aromatic rings. The van der Waals surface area contributed by atoms with Crippen LogP contribution in [-0.2, 0) is 15.6 Å². The number of sulfone groups is 1. The molecule has 100 valence electrons. The fourth-order valence-electron chi connectivity index (χ4n) is 1.67. The van der Waals surface area contributed by atoms with Crippen LogP contribution in [0, 0.1) is 5.82 Å². The molecule has 0 fully saturated rings. The Labute approximate surface area is 111 Å². The van der Waals surface area contributed by atoms with Crippen LogP contribution < -0.4 is 4.74 Å². The molecule has 0 aliphatic carbocycles. The van der Waals surface area contributed by atoms with Crippen LogP contribution in [0.5, 0.6) is 5.75 Å². The molecule has 0 atom stereocenters. The molecule has 2 rings (SSSR count). The van der Waals surface area contributed by atoms with E-state index >= 15 is 0 Å². The summed E-state index contributed by atoms with van der Waals surface area (Å²) in [6.07, 6.45) is 0. The Hall–Kier alpha value is -1.88. The maximum Gasteiger partial charge on any atom is 0.182 e. The van der Waals surface area contributed by atoms with Crippen LogP contribution in [-0.4, -0.2) is 15.5 Å². The van der Waals surface area contributed by atoms with Gasteiger partial charge < -0.3 is 4.74 Å². The first-order chi connectivity index (χ1) is 9.01. The van der Waals surface area contributed by atoms with Crippen molar-refractivity contribution in [1.82, 2.24) is 0 Å². The summed E-state index contributed by atoms with van der Waals surface area (Å²) < 4.78 is 42.0. The van der Waals surface area contributed by atoms with E-state index in [-0.39, 0.29) is 10.6 Å². The maximum absolute atomic E-state index is 12.8. The smallest absolute Gasteiger partial charge is 0.182 e. The standard InChI is InChI=1S/C14H13FO3S/c1-18-13-6-2-11(3-7-13)10-19(16,17)14-8-4-12(15)5-9-14/h2-9H,10H2,1H3. The first-order valence-corrected chi connectivity index (χ1v) is 7.28. The maximum atomic E-state index is 12.8. The number of hydrogen-bond acceptors (Lipinski definition) is 3. The van der Waals surface area contributed by atoms with E-state index in [2.05, 4.69) is 0 Å². The second-order valence-corrected chi connectivity index (χ2v) is 6.05. The SMILES string of the molecule is COc1ccc(CS(=O)(=O)c2ccc(F)cc2)cc1. The van der Waals surface area contributed by atoms with Crippen molar-refractivity contribution in [1.29, 1.82) is 0 Å². The minimum absolute atomic E-state index is 0.115. The fraction of sp³-hybridized carbons (Fsp3) is 0.143. The Bertz CT molecular complexity index is 646. The minimum Gasteiger partial charge on any atom is -0.497 e. The van der Waals surface area contributed by atoms with Gasteiger partial charge in [-0.25, -0.2) is 12.8 Å². The molecular formula is C14H13FO3S. The predicted molar refractivity (Wildman–Crippen MR) is 70.3 cm³/mol. The van der Waals surface area contributed by atoms with Gasteiger partial charge in [0.25, 0.3) is 0 Å². The molecule has 2 aromatic carbocycles. The fourth-order valence-corrected chi connectivity index (χ4v) is 3.02. The molecule has 3 nitrogen and oxygen atoms in total. The van der Waals surface area contributed by atoms with E-state index in [1.54, 1.807) is 31.4 Å². The molecule has 0 unspecified atom stereocenters. The molecule has 0 bridgehead atoms. The second kappa shape index (κ2) is 5.40. The highest BCUT2D eigenvalue weighted by molar-refractivity contribution is 7.90. The summed E-state index contributed by atoms with van der Waals surface area (Å²) >= 11 is 0. The van der Waals surface area contributed by atoms with E-state index in [9.17, 15) is 12.8 Å². The zero-order valence-electron chi connectivity index (χ0n) is 10.3. The molecule has 0 radical (unpaired) electrons. The van der Waals surface area contributed by atoms with Gasteiger partial charge >= 0.3 is 0 Å². The molecule has 0 aliphatic heterocycles. The van der Waals surface area contributed by atoms with E-state index in [0.29, 0.717) is 11.3 Å². The Morgan fingerprint density at radius 1 is 1.00 bits per heavy atom. The monoisotopic (exact) mass is 280 g/mol.